The van der Waals surface area contributed by atoms with Gasteiger partial charge in [0.15, 0.2) is 0 Å². The van der Waals surface area contributed by atoms with E-state index in [-0.39, 0.29) is 48.5 Å². The van der Waals surface area contributed by atoms with Gasteiger partial charge in [-0.3, -0.25) is 14.3 Å². The van der Waals surface area contributed by atoms with Crippen molar-refractivity contribution in [1.29, 1.82) is 0 Å². The van der Waals surface area contributed by atoms with Gasteiger partial charge in [-0.05, 0) is 43.1 Å². The standard InChI is InChI=1S/C24H28F6N4O3S/c1-38-14-19(35)32-21-20-18(33-34(21)10-3-11-37-24(28,29)30)13-17(31-22(20)36)7-6-15-4-2-5-16(12-15)8-9-23(25,26)27/h2,4-5,12,17H,3,6-11,13-14H2,1H3,(H,31,36)(H,32,35). The normalized spacial score (nSPS) is 15.8. The molecule has 0 aliphatic carbocycles. The van der Waals surface area contributed by atoms with Crippen LogP contribution in [-0.4, -0.2) is 58.8 Å². The third-order valence-electron chi connectivity index (χ3n) is 5.81. The summed E-state index contributed by atoms with van der Waals surface area (Å²) in [5.41, 5.74) is 1.99. The third kappa shape index (κ3) is 9.22. The van der Waals surface area contributed by atoms with Gasteiger partial charge in [-0.15, -0.1) is 13.2 Å². The summed E-state index contributed by atoms with van der Waals surface area (Å²) in [5.74, 6) is -0.608. The highest BCUT2D eigenvalue weighted by molar-refractivity contribution is 7.99. The summed E-state index contributed by atoms with van der Waals surface area (Å²) in [6, 6.07) is 6.55. The van der Waals surface area contributed by atoms with E-state index in [1.54, 1.807) is 24.5 Å². The van der Waals surface area contributed by atoms with Crippen LogP contribution in [0.5, 0.6) is 0 Å². The van der Waals surface area contributed by atoms with Gasteiger partial charge in [0, 0.05) is 25.4 Å². The minimum Gasteiger partial charge on any atom is -0.349 e. The lowest BCUT2D eigenvalue weighted by Gasteiger charge is -2.23. The van der Waals surface area contributed by atoms with Gasteiger partial charge in [-0.25, -0.2) is 4.68 Å². The Balaban J connectivity index is 1.69. The zero-order valence-electron chi connectivity index (χ0n) is 20.5. The summed E-state index contributed by atoms with van der Waals surface area (Å²) in [6.45, 7) is -0.621. The number of halogens is 6. The van der Waals surface area contributed by atoms with Crippen LogP contribution in [0, 0.1) is 0 Å². The predicted molar refractivity (Wildman–Crippen MR) is 130 cm³/mol. The molecule has 210 valence electrons. The lowest BCUT2D eigenvalue weighted by atomic mass is 9.95. The largest absolute Gasteiger partial charge is 0.522 e. The highest BCUT2D eigenvalue weighted by Gasteiger charge is 2.33. The maximum atomic E-state index is 13.0. The highest BCUT2D eigenvalue weighted by Crippen LogP contribution is 2.28. The Morgan fingerprint density at radius 3 is 2.58 bits per heavy atom. The van der Waals surface area contributed by atoms with Gasteiger partial charge in [-0.1, -0.05) is 24.3 Å². The number of anilines is 1. The van der Waals surface area contributed by atoms with Gasteiger partial charge in [0.25, 0.3) is 5.91 Å². The average Bonchev–Trinajstić information content (AvgIpc) is 3.16. The number of nitrogens with zero attached hydrogens (tertiary/aromatic N) is 2. The van der Waals surface area contributed by atoms with Crippen molar-refractivity contribution in [3.05, 3.63) is 46.6 Å². The first-order valence-electron chi connectivity index (χ1n) is 11.9. The van der Waals surface area contributed by atoms with Gasteiger partial charge in [0.2, 0.25) is 5.91 Å². The second-order valence-electron chi connectivity index (χ2n) is 8.87. The maximum Gasteiger partial charge on any atom is 0.522 e. The lowest BCUT2D eigenvalue weighted by Crippen LogP contribution is -2.41. The Kier molecular flexibility index (Phi) is 10.1. The molecule has 14 heteroatoms. The number of hydrogen-bond acceptors (Lipinski definition) is 5. The Bertz CT molecular complexity index is 1120. The molecule has 2 N–H and O–H groups in total. The fourth-order valence-corrected chi connectivity index (χ4v) is 4.50. The zero-order chi connectivity index (χ0) is 27.9. The van der Waals surface area contributed by atoms with Crippen LogP contribution in [-0.2, 0) is 35.3 Å². The third-order valence-corrected chi connectivity index (χ3v) is 6.36. The van der Waals surface area contributed by atoms with E-state index in [1.807, 2.05) is 6.07 Å². The number of fused-ring (bicyclic) bond motifs is 1. The molecule has 1 atom stereocenters. The van der Waals surface area contributed by atoms with Crippen LogP contribution in [0.15, 0.2) is 24.3 Å². The summed E-state index contributed by atoms with van der Waals surface area (Å²) in [7, 11) is 0. The first-order valence-corrected chi connectivity index (χ1v) is 13.3. The second-order valence-corrected chi connectivity index (χ2v) is 9.74. The minimum absolute atomic E-state index is 0.0133. The maximum absolute atomic E-state index is 13.0. The molecule has 0 spiro atoms. The number of aryl methyl sites for hydroxylation is 3. The van der Waals surface area contributed by atoms with Gasteiger partial charge in [0.05, 0.1) is 18.1 Å². The molecule has 1 aromatic carbocycles. The monoisotopic (exact) mass is 566 g/mol. The average molecular weight is 567 g/mol. The van der Waals surface area contributed by atoms with Crippen LogP contribution in [0.3, 0.4) is 0 Å². The lowest BCUT2D eigenvalue weighted by molar-refractivity contribution is -0.324. The molecule has 0 saturated carbocycles. The van der Waals surface area contributed by atoms with E-state index in [4.69, 9.17) is 0 Å². The van der Waals surface area contributed by atoms with E-state index in [2.05, 4.69) is 20.5 Å². The topological polar surface area (TPSA) is 85.2 Å². The molecule has 2 aromatic rings. The Labute approximate surface area is 219 Å². The fourth-order valence-electron chi connectivity index (χ4n) is 4.17. The van der Waals surface area contributed by atoms with Gasteiger partial charge >= 0.3 is 12.5 Å². The quantitative estimate of drug-likeness (QED) is 0.282. The second kappa shape index (κ2) is 12.9. The van der Waals surface area contributed by atoms with Crippen LogP contribution < -0.4 is 10.6 Å². The molecule has 1 unspecified atom stereocenters. The number of carbonyl (C=O) groups excluding carboxylic acids is 2. The van der Waals surface area contributed by atoms with Gasteiger partial charge in [0.1, 0.15) is 11.4 Å². The van der Waals surface area contributed by atoms with Crippen molar-refractivity contribution in [2.45, 2.75) is 63.7 Å². The molecule has 1 aromatic heterocycles. The van der Waals surface area contributed by atoms with E-state index < -0.39 is 31.5 Å². The molecule has 2 heterocycles. The number of rotatable bonds is 12. The molecule has 0 radical (unpaired) electrons. The summed E-state index contributed by atoms with van der Waals surface area (Å²) < 4.78 is 79.6. The van der Waals surface area contributed by atoms with Gasteiger partial charge in [-0.2, -0.15) is 30.0 Å². The SMILES string of the molecule is CSCC(=O)Nc1c2c(nn1CCCOC(F)(F)F)CC(CCc1cccc(CCC(F)(F)F)c1)NC2=O. The number of hydrogen-bond donors (Lipinski definition) is 2. The molecule has 3 rings (SSSR count). The molecule has 2 amide bonds. The number of alkyl halides is 6. The molecule has 7 nitrogen and oxygen atoms in total. The highest BCUT2D eigenvalue weighted by atomic mass is 32.2. The molecule has 1 aliphatic heterocycles. The first-order chi connectivity index (χ1) is 17.8. The summed E-state index contributed by atoms with van der Waals surface area (Å²) in [6.07, 6.45) is -7.01. The van der Waals surface area contributed by atoms with E-state index in [1.165, 1.54) is 16.4 Å². The number of ether oxygens (including phenoxy) is 1. The molecule has 38 heavy (non-hydrogen) atoms. The first kappa shape index (κ1) is 29.8. The van der Waals surface area contributed by atoms with Crippen LogP contribution >= 0.6 is 11.8 Å². The van der Waals surface area contributed by atoms with Crippen molar-refractivity contribution < 1.29 is 40.7 Å². The van der Waals surface area contributed by atoms with Gasteiger partial charge < -0.3 is 10.6 Å². The van der Waals surface area contributed by atoms with Crippen LogP contribution in [0.25, 0.3) is 0 Å². The molecule has 0 fully saturated rings. The molecule has 0 bridgehead atoms. The van der Waals surface area contributed by atoms with Crippen molar-refractivity contribution in [3.8, 4) is 0 Å². The number of benzene rings is 1. The summed E-state index contributed by atoms with van der Waals surface area (Å²) >= 11 is 1.27. The number of thioether (sulfide) groups is 1. The van der Waals surface area contributed by atoms with Crippen molar-refractivity contribution in [1.82, 2.24) is 15.1 Å². The number of nitrogens with one attached hydrogen (secondary N) is 2. The number of aromatic nitrogens is 2. The molecular formula is C24H28F6N4O3S. The summed E-state index contributed by atoms with van der Waals surface area (Å²) in [5, 5.41) is 9.93. The smallest absolute Gasteiger partial charge is 0.349 e. The van der Waals surface area contributed by atoms with Crippen molar-refractivity contribution in [2.24, 2.45) is 0 Å². The van der Waals surface area contributed by atoms with Crippen LogP contribution in [0.1, 0.15) is 46.4 Å². The fraction of sp³-hybridized carbons (Fsp3) is 0.542. The van der Waals surface area contributed by atoms with Crippen molar-refractivity contribution in [2.75, 3.05) is 23.9 Å². The van der Waals surface area contributed by atoms with Crippen LogP contribution in [0.4, 0.5) is 32.2 Å². The van der Waals surface area contributed by atoms with Crippen LogP contribution in [0.2, 0.25) is 0 Å². The molecule has 0 saturated heterocycles. The van der Waals surface area contributed by atoms with E-state index >= 15 is 0 Å². The van der Waals surface area contributed by atoms with Crippen molar-refractivity contribution in [3.63, 3.8) is 0 Å². The number of amides is 2. The molecular weight excluding hydrogens is 538 g/mol. The van der Waals surface area contributed by atoms with E-state index in [9.17, 15) is 35.9 Å². The Hall–Kier alpha value is -2.74. The number of carbonyl (C=O) groups is 2. The molecule has 1 aliphatic rings. The Morgan fingerprint density at radius 1 is 1.21 bits per heavy atom. The minimum atomic E-state index is -4.76. The summed E-state index contributed by atoms with van der Waals surface area (Å²) in [4.78, 5) is 25.2. The van der Waals surface area contributed by atoms with E-state index in [0.29, 0.717) is 30.5 Å². The van der Waals surface area contributed by atoms with Crippen molar-refractivity contribution >= 4 is 29.4 Å². The van der Waals surface area contributed by atoms with E-state index in [0.717, 1.165) is 5.56 Å². The Morgan fingerprint density at radius 2 is 1.92 bits per heavy atom. The predicted octanol–water partition coefficient (Wildman–Crippen LogP) is 4.89. The zero-order valence-corrected chi connectivity index (χ0v) is 21.4.